The fraction of sp³-hybridized carbons (Fsp3) is 0.375. The van der Waals surface area contributed by atoms with Crippen LogP contribution in [0, 0.1) is 0 Å². The molecule has 1 aromatic heterocycles. The maximum absolute atomic E-state index is 6.03. The van der Waals surface area contributed by atoms with E-state index < -0.39 is 0 Å². The van der Waals surface area contributed by atoms with Gasteiger partial charge in [0.15, 0.2) is 11.5 Å². The van der Waals surface area contributed by atoms with Crippen molar-refractivity contribution in [3.63, 3.8) is 0 Å². The van der Waals surface area contributed by atoms with Crippen molar-refractivity contribution in [3.8, 4) is 0 Å². The Hall–Kier alpha value is -2.70. The Bertz CT molecular complexity index is 750. The van der Waals surface area contributed by atoms with Gasteiger partial charge in [-0.05, 0) is 24.0 Å². The van der Waals surface area contributed by atoms with E-state index >= 15 is 0 Å². The number of hydrogen-bond acceptors (Lipinski definition) is 7. The Labute approximate surface area is 134 Å². The van der Waals surface area contributed by atoms with E-state index in [2.05, 4.69) is 9.97 Å². The van der Waals surface area contributed by atoms with Gasteiger partial charge in [0.05, 0.1) is 21.3 Å². The molecule has 2 aliphatic rings. The van der Waals surface area contributed by atoms with Crippen LogP contribution >= 0.6 is 0 Å². The van der Waals surface area contributed by atoms with Gasteiger partial charge in [-0.25, -0.2) is 4.98 Å². The summed E-state index contributed by atoms with van der Waals surface area (Å²) < 4.78 is 16.5. The van der Waals surface area contributed by atoms with Crippen molar-refractivity contribution in [3.05, 3.63) is 40.2 Å². The van der Waals surface area contributed by atoms with Gasteiger partial charge < -0.3 is 25.7 Å². The third-order valence-electron chi connectivity index (χ3n) is 4.24. The Kier molecular flexibility index (Phi) is 3.85. The lowest BCUT2D eigenvalue weighted by Gasteiger charge is -2.24. The monoisotopic (exact) mass is 316 g/mol. The molecular weight excluding hydrogens is 296 g/mol. The maximum atomic E-state index is 6.03. The van der Waals surface area contributed by atoms with Crippen molar-refractivity contribution >= 4 is 17.3 Å². The molecule has 3 rings (SSSR count). The van der Waals surface area contributed by atoms with E-state index in [1.54, 1.807) is 27.5 Å². The number of methoxy groups -OCH3 is 3. The predicted molar refractivity (Wildman–Crippen MR) is 86.7 cm³/mol. The lowest BCUT2D eigenvalue weighted by Crippen LogP contribution is -2.12. The van der Waals surface area contributed by atoms with Gasteiger partial charge in [0.2, 0.25) is 5.95 Å². The molecule has 0 saturated carbocycles. The van der Waals surface area contributed by atoms with Gasteiger partial charge in [0.1, 0.15) is 11.6 Å². The molecule has 0 bridgehead atoms. The van der Waals surface area contributed by atoms with Crippen LogP contribution < -0.4 is 11.5 Å². The standard InChI is InChI=1S/C16H20N4O3/c1-21-12-6-10-8(11-7-19-16(18)20-15(11)17)4-5-9(10)13(22-2)14(12)23-3/h7H,4-6H2,1-3H3,(H4,17,18,19,20). The number of nitrogens with zero attached hydrogens (tertiary/aromatic N) is 2. The lowest BCUT2D eigenvalue weighted by atomic mass is 9.93. The number of nitrogens with two attached hydrogens (primary N) is 2. The number of rotatable bonds is 4. The molecule has 0 aromatic carbocycles. The van der Waals surface area contributed by atoms with E-state index in [1.165, 1.54) is 0 Å². The fourth-order valence-electron chi connectivity index (χ4n) is 3.23. The molecule has 0 radical (unpaired) electrons. The second kappa shape index (κ2) is 5.83. The molecule has 1 aromatic rings. The minimum atomic E-state index is 0.172. The minimum Gasteiger partial charge on any atom is -0.497 e. The van der Waals surface area contributed by atoms with Crippen LogP contribution in [0.2, 0.25) is 0 Å². The number of fused-ring (bicyclic) bond motifs is 1. The van der Waals surface area contributed by atoms with Gasteiger partial charge in [-0.15, -0.1) is 0 Å². The summed E-state index contributed by atoms with van der Waals surface area (Å²) in [7, 11) is 4.88. The number of aromatic nitrogens is 2. The SMILES string of the molecule is COC1=C(OC)C(OC)=C2CCC(c3cnc(N)nc3N)=C2C1. The summed E-state index contributed by atoms with van der Waals surface area (Å²) in [6, 6.07) is 0. The predicted octanol–water partition coefficient (Wildman–Crippen LogP) is 2.00. The van der Waals surface area contributed by atoms with Gasteiger partial charge in [0, 0.05) is 23.8 Å². The summed E-state index contributed by atoms with van der Waals surface area (Å²) >= 11 is 0. The number of nitrogen functional groups attached to an aromatic ring is 2. The van der Waals surface area contributed by atoms with Gasteiger partial charge in [-0.2, -0.15) is 4.98 Å². The lowest BCUT2D eigenvalue weighted by molar-refractivity contribution is 0.176. The van der Waals surface area contributed by atoms with Crippen molar-refractivity contribution in [2.24, 2.45) is 0 Å². The van der Waals surface area contributed by atoms with Crippen LogP contribution in [0.15, 0.2) is 34.6 Å². The van der Waals surface area contributed by atoms with Crippen LogP contribution in [-0.2, 0) is 14.2 Å². The van der Waals surface area contributed by atoms with E-state index in [9.17, 15) is 0 Å². The summed E-state index contributed by atoms with van der Waals surface area (Å²) in [5.74, 6) is 2.66. The van der Waals surface area contributed by atoms with Crippen LogP contribution in [-0.4, -0.2) is 31.3 Å². The van der Waals surface area contributed by atoms with Gasteiger partial charge in [0.25, 0.3) is 0 Å². The van der Waals surface area contributed by atoms with Crippen LogP contribution in [0.5, 0.6) is 0 Å². The van der Waals surface area contributed by atoms with E-state index in [0.29, 0.717) is 18.0 Å². The topological polar surface area (TPSA) is 106 Å². The fourth-order valence-corrected chi connectivity index (χ4v) is 3.23. The summed E-state index contributed by atoms with van der Waals surface area (Å²) in [4.78, 5) is 8.13. The number of allylic oxidation sites excluding steroid dienone is 3. The van der Waals surface area contributed by atoms with E-state index in [-0.39, 0.29) is 5.95 Å². The van der Waals surface area contributed by atoms with Crippen LogP contribution in [0.1, 0.15) is 24.8 Å². The van der Waals surface area contributed by atoms with Crippen LogP contribution in [0.25, 0.3) is 5.57 Å². The van der Waals surface area contributed by atoms with Crippen molar-refractivity contribution in [1.29, 1.82) is 0 Å². The Balaban J connectivity index is 2.16. The largest absolute Gasteiger partial charge is 0.497 e. The summed E-state index contributed by atoms with van der Waals surface area (Å²) in [6.07, 6.45) is 3.99. The maximum Gasteiger partial charge on any atom is 0.221 e. The zero-order valence-corrected chi connectivity index (χ0v) is 13.5. The number of hydrogen-bond donors (Lipinski definition) is 2. The Morgan fingerprint density at radius 1 is 0.913 bits per heavy atom. The highest BCUT2D eigenvalue weighted by Gasteiger charge is 2.34. The van der Waals surface area contributed by atoms with Crippen molar-refractivity contribution in [1.82, 2.24) is 9.97 Å². The first kappa shape index (κ1) is 15.2. The molecule has 0 unspecified atom stereocenters. The van der Waals surface area contributed by atoms with E-state index in [4.69, 9.17) is 25.7 Å². The Morgan fingerprint density at radius 3 is 2.22 bits per heavy atom. The molecule has 1 heterocycles. The highest BCUT2D eigenvalue weighted by Crippen LogP contribution is 2.47. The van der Waals surface area contributed by atoms with Crippen molar-refractivity contribution in [2.75, 3.05) is 32.8 Å². The van der Waals surface area contributed by atoms with Crippen molar-refractivity contribution < 1.29 is 14.2 Å². The van der Waals surface area contributed by atoms with Crippen LogP contribution in [0.3, 0.4) is 0 Å². The molecule has 0 atom stereocenters. The Morgan fingerprint density at radius 2 is 1.61 bits per heavy atom. The molecule has 0 aliphatic heterocycles. The summed E-state index contributed by atoms with van der Waals surface area (Å²) in [6.45, 7) is 0. The third kappa shape index (κ3) is 2.38. The number of anilines is 2. The quantitative estimate of drug-likeness (QED) is 0.875. The molecule has 23 heavy (non-hydrogen) atoms. The zero-order valence-electron chi connectivity index (χ0n) is 13.5. The van der Waals surface area contributed by atoms with Crippen molar-refractivity contribution in [2.45, 2.75) is 19.3 Å². The second-order valence-electron chi connectivity index (χ2n) is 5.33. The average molecular weight is 316 g/mol. The van der Waals surface area contributed by atoms with E-state index in [1.807, 2.05) is 0 Å². The van der Waals surface area contributed by atoms with Gasteiger partial charge in [-0.3, -0.25) is 0 Å². The second-order valence-corrected chi connectivity index (χ2v) is 5.33. The summed E-state index contributed by atoms with van der Waals surface area (Å²) in [5, 5.41) is 0. The summed E-state index contributed by atoms with van der Waals surface area (Å²) in [5.41, 5.74) is 15.8. The molecule has 0 saturated heterocycles. The highest BCUT2D eigenvalue weighted by molar-refractivity contribution is 5.82. The molecule has 0 spiro atoms. The van der Waals surface area contributed by atoms with Crippen LogP contribution in [0.4, 0.5) is 11.8 Å². The average Bonchev–Trinajstić information content (AvgIpc) is 2.96. The first-order valence-electron chi connectivity index (χ1n) is 7.30. The number of ether oxygens (including phenoxy) is 3. The molecule has 0 amide bonds. The molecule has 122 valence electrons. The molecule has 7 nitrogen and oxygen atoms in total. The third-order valence-corrected chi connectivity index (χ3v) is 4.24. The van der Waals surface area contributed by atoms with E-state index in [0.717, 1.165) is 46.6 Å². The molecule has 0 fully saturated rings. The van der Waals surface area contributed by atoms with Gasteiger partial charge >= 0.3 is 0 Å². The molecule has 2 aliphatic carbocycles. The van der Waals surface area contributed by atoms with Gasteiger partial charge in [-0.1, -0.05) is 0 Å². The minimum absolute atomic E-state index is 0.172. The smallest absolute Gasteiger partial charge is 0.221 e. The molecule has 4 N–H and O–H groups in total. The normalized spacial score (nSPS) is 17.5. The first-order chi connectivity index (χ1) is 11.1. The highest BCUT2D eigenvalue weighted by atomic mass is 16.5. The first-order valence-corrected chi connectivity index (χ1v) is 7.30. The zero-order chi connectivity index (χ0) is 16.6. The molecule has 7 heteroatoms. The molecular formula is C16H20N4O3.